The van der Waals surface area contributed by atoms with Gasteiger partial charge in [-0.1, -0.05) is 29.9 Å². The smallest absolute Gasteiger partial charge is 0.223 e. The molecular weight excluding hydrogens is 681 g/mol. The molecule has 254 valence electrons. The van der Waals surface area contributed by atoms with Gasteiger partial charge in [0.05, 0.1) is 16.9 Å². The number of halogens is 3. The summed E-state index contributed by atoms with van der Waals surface area (Å²) in [5.74, 6) is 0.490. The topological polar surface area (TPSA) is 153 Å². The summed E-state index contributed by atoms with van der Waals surface area (Å²) >= 11 is 1.19. The minimum atomic E-state index is -0.549. The molecule has 0 bridgehead atoms. The molecule has 2 fully saturated rings. The van der Waals surface area contributed by atoms with Crippen molar-refractivity contribution < 1.29 is 15.1 Å². The van der Waals surface area contributed by atoms with Crippen molar-refractivity contribution >= 4 is 72.3 Å². The Morgan fingerprint density at radius 3 is 2.40 bits per heavy atom. The first-order valence-corrected chi connectivity index (χ1v) is 15.8. The monoisotopic (exact) mass is 725 g/mol. The highest BCUT2D eigenvalue weighted by atomic mass is 35.5. The lowest BCUT2D eigenvalue weighted by atomic mass is 9.97. The SMILES string of the molecule is Cl.Cl.Cl.[2H]c1c([2H])c(-c2nc(SCc3cccc(CCC(=O)N4CCN(CC5CCNCC5)CC4)n3)nc(N)c2C#N)c([2H])c([2H])c1NC(C)=O. The van der Waals surface area contributed by atoms with Gasteiger partial charge < -0.3 is 21.3 Å². The van der Waals surface area contributed by atoms with Gasteiger partial charge in [0.15, 0.2) is 5.16 Å². The highest BCUT2D eigenvalue weighted by Gasteiger charge is 2.24. The second-order valence-corrected chi connectivity index (χ2v) is 11.9. The third-order valence-corrected chi connectivity index (χ3v) is 8.58. The predicted molar refractivity (Wildman–Crippen MR) is 193 cm³/mol. The molecular formula is C32H42Cl3N9O2S. The summed E-state index contributed by atoms with van der Waals surface area (Å²) < 4.78 is 33.7. The largest absolute Gasteiger partial charge is 0.382 e. The maximum Gasteiger partial charge on any atom is 0.223 e. The second kappa shape index (κ2) is 19.6. The summed E-state index contributed by atoms with van der Waals surface area (Å²) in [4.78, 5) is 42.4. The number of nitrogens with one attached hydrogen (secondary N) is 2. The minimum Gasteiger partial charge on any atom is -0.382 e. The Morgan fingerprint density at radius 1 is 1.06 bits per heavy atom. The number of pyridine rings is 1. The predicted octanol–water partition coefficient (Wildman–Crippen LogP) is 4.58. The van der Waals surface area contributed by atoms with E-state index in [9.17, 15) is 14.9 Å². The number of nitrogens with two attached hydrogens (primary N) is 1. The zero-order valence-corrected chi connectivity index (χ0v) is 29.3. The maximum absolute atomic E-state index is 13.0. The molecule has 5 rings (SSSR count). The van der Waals surface area contributed by atoms with Crippen LogP contribution in [0.25, 0.3) is 11.3 Å². The van der Waals surface area contributed by atoms with E-state index in [2.05, 4.69) is 25.5 Å². The van der Waals surface area contributed by atoms with E-state index in [1.165, 1.54) is 31.5 Å². The van der Waals surface area contributed by atoms with Gasteiger partial charge in [-0.3, -0.25) is 19.5 Å². The highest BCUT2D eigenvalue weighted by molar-refractivity contribution is 7.98. The van der Waals surface area contributed by atoms with Gasteiger partial charge in [0, 0.05) is 68.8 Å². The molecule has 15 heteroatoms. The standard InChI is InChI=1S/C32H39N9O2S.3ClH/c1-22(42)36-26-7-5-24(6-8-26)30-28(19-33)31(34)39-32(38-30)44-21-27-4-2-3-25(37-27)9-10-29(43)41-17-15-40(16-18-41)20-23-11-13-35-14-12-23;;;/h2-8,23,35H,9-18,20-21H2,1H3,(H,36,42)(H2,34,38,39);3*1H/i5D,6D,7D,8D;;;. The van der Waals surface area contributed by atoms with Crippen LogP contribution in [0, 0.1) is 17.2 Å². The zero-order chi connectivity index (χ0) is 34.4. The lowest BCUT2D eigenvalue weighted by Gasteiger charge is -2.37. The van der Waals surface area contributed by atoms with Crippen LogP contribution in [-0.2, 0) is 21.8 Å². The molecule has 3 aromatic rings. The van der Waals surface area contributed by atoms with Crippen molar-refractivity contribution in [3.8, 4) is 17.3 Å². The zero-order valence-electron chi connectivity index (χ0n) is 30.0. The number of benzene rings is 1. The van der Waals surface area contributed by atoms with Crippen LogP contribution in [0.3, 0.4) is 0 Å². The van der Waals surface area contributed by atoms with E-state index in [1.54, 1.807) is 0 Å². The van der Waals surface area contributed by atoms with E-state index in [0.29, 0.717) is 24.3 Å². The van der Waals surface area contributed by atoms with Crippen molar-refractivity contribution in [2.24, 2.45) is 5.92 Å². The number of carbonyl (C=O) groups is 2. The number of anilines is 2. The normalized spacial score (nSPS) is 16.1. The van der Waals surface area contributed by atoms with Crippen molar-refractivity contribution in [2.75, 3.05) is 56.9 Å². The van der Waals surface area contributed by atoms with E-state index in [-0.39, 0.29) is 76.6 Å². The van der Waals surface area contributed by atoms with E-state index < -0.39 is 30.1 Å². The van der Waals surface area contributed by atoms with Crippen LogP contribution in [-0.4, -0.2) is 82.4 Å². The number of carbonyl (C=O) groups excluding carboxylic acids is 2. The average Bonchev–Trinajstić information content (AvgIpc) is 3.08. The first-order valence-electron chi connectivity index (χ1n) is 16.8. The Morgan fingerprint density at radius 2 is 1.74 bits per heavy atom. The van der Waals surface area contributed by atoms with E-state index in [0.717, 1.165) is 57.4 Å². The Kier molecular flexibility index (Phi) is 14.1. The summed E-state index contributed by atoms with van der Waals surface area (Å²) in [5, 5.41) is 15.7. The minimum absolute atomic E-state index is 0. The lowest BCUT2D eigenvalue weighted by molar-refractivity contribution is -0.133. The fraction of sp³-hybridized carbons (Fsp3) is 0.438. The summed E-state index contributed by atoms with van der Waals surface area (Å²) in [6.45, 7) is 7.82. The molecule has 0 saturated carbocycles. The molecule has 1 aromatic carbocycles. The van der Waals surface area contributed by atoms with Gasteiger partial charge >= 0.3 is 0 Å². The van der Waals surface area contributed by atoms with Crippen LogP contribution in [0.1, 0.15) is 48.6 Å². The molecule has 47 heavy (non-hydrogen) atoms. The van der Waals surface area contributed by atoms with Crippen molar-refractivity contribution in [3.63, 3.8) is 0 Å². The van der Waals surface area contributed by atoms with Crippen molar-refractivity contribution in [1.29, 1.82) is 5.26 Å². The number of aryl methyl sites for hydroxylation is 1. The van der Waals surface area contributed by atoms with E-state index in [1.807, 2.05) is 29.2 Å². The summed E-state index contributed by atoms with van der Waals surface area (Å²) in [6, 6.07) is 5.60. The molecule has 0 spiro atoms. The molecule has 0 aliphatic carbocycles. The molecule has 2 aliphatic rings. The van der Waals surface area contributed by atoms with Crippen molar-refractivity contribution in [3.05, 3.63) is 59.3 Å². The highest BCUT2D eigenvalue weighted by Crippen LogP contribution is 2.29. The van der Waals surface area contributed by atoms with Gasteiger partial charge in [0.2, 0.25) is 11.8 Å². The third-order valence-electron chi connectivity index (χ3n) is 7.70. The number of piperazine rings is 1. The Balaban J connectivity index is 0.00000300. The summed E-state index contributed by atoms with van der Waals surface area (Å²) in [7, 11) is 0. The summed E-state index contributed by atoms with van der Waals surface area (Å²) in [5.41, 5.74) is 6.80. The van der Waals surface area contributed by atoms with Crippen LogP contribution in [0.4, 0.5) is 11.5 Å². The maximum atomic E-state index is 13.0. The second-order valence-electron chi connectivity index (χ2n) is 10.9. The van der Waals surface area contributed by atoms with E-state index >= 15 is 0 Å². The van der Waals surface area contributed by atoms with Crippen LogP contribution >= 0.6 is 49.0 Å². The quantitative estimate of drug-likeness (QED) is 0.200. The lowest BCUT2D eigenvalue weighted by Crippen LogP contribution is -2.50. The van der Waals surface area contributed by atoms with Crippen molar-refractivity contribution in [1.82, 2.24) is 30.1 Å². The number of rotatable bonds is 10. The number of nitriles is 1. The molecule has 2 amide bonds. The average molecular weight is 727 g/mol. The van der Waals surface area contributed by atoms with Gasteiger partial charge in [-0.2, -0.15) is 5.26 Å². The first-order chi connectivity index (χ1) is 23.0. The number of thioether (sulfide) groups is 1. The number of aromatic nitrogens is 3. The molecule has 4 N–H and O–H groups in total. The third kappa shape index (κ3) is 11.5. The molecule has 11 nitrogen and oxygen atoms in total. The number of nitrogens with zero attached hydrogens (tertiary/aromatic N) is 6. The number of amides is 2. The van der Waals surface area contributed by atoms with Gasteiger partial charge in [-0.25, -0.2) is 9.97 Å². The molecule has 0 radical (unpaired) electrons. The first kappa shape index (κ1) is 33.7. The van der Waals surface area contributed by atoms with Gasteiger partial charge in [0.25, 0.3) is 0 Å². The van der Waals surface area contributed by atoms with Crippen LogP contribution < -0.4 is 16.4 Å². The number of nitrogen functional groups attached to an aromatic ring is 1. The van der Waals surface area contributed by atoms with Crippen LogP contribution in [0.5, 0.6) is 0 Å². The fourth-order valence-corrected chi connectivity index (χ4v) is 6.13. The Labute approximate surface area is 304 Å². The van der Waals surface area contributed by atoms with Gasteiger partial charge in [0.1, 0.15) is 17.5 Å². The summed E-state index contributed by atoms with van der Waals surface area (Å²) in [6.07, 6.45) is 3.32. The van der Waals surface area contributed by atoms with Crippen molar-refractivity contribution in [2.45, 2.75) is 43.5 Å². The van der Waals surface area contributed by atoms with Crippen LogP contribution in [0.2, 0.25) is 0 Å². The van der Waals surface area contributed by atoms with Gasteiger partial charge in [-0.05, 0) is 62.5 Å². The fourth-order valence-electron chi connectivity index (χ4n) is 5.37. The van der Waals surface area contributed by atoms with Crippen LogP contribution in [0.15, 0.2) is 47.5 Å². The van der Waals surface area contributed by atoms with E-state index in [4.69, 9.17) is 16.2 Å². The molecule has 2 aromatic heterocycles. The number of hydrogen-bond acceptors (Lipinski definition) is 10. The molecule has 2 saturated heterocycles. The Bertz CT molecular complexity index is 1710. The molecule has 0 atom stereocenters. The molecule has 0 unspecified atom stereocenters. The molecule has 4 heterocycles. The molecule has 2 aliphatic heterocycles. The number of piperidine rings is 1. The van der Waals surface area contributed by atoms with Gasteiger partial charge in [-0.15, -0.1) is 37.2 Å². The Hall–Kier alpha value is -3.18. The number of hydrogen-bond donors (Lipinski definition) is 3.